The predicted octanol–water partition coefficient (Wildman–Crippen LogP) is 3.77. The normalized spacial score (nSPS) is 51.3. The lowest BCUT2D eigenvalue weighted by molar-refractivity contribution is -0.222. The van der Waals surface area contributed by atoms with Crippen LogP contribution in [0.15, 0.2) is 23.6 Å². The van der Waals surface area contributed by atoms with E-state index in [4.69, 9.17) is 44.3 Å². The number of aliphatic hydroxyl groups is 2. The highest BCUT2D eigenvalue weighted by Crippen LogP contribution is 2.74. The molecule has 5 rings (SSSR count). The summed E-state index contributed by atoms with van der Waals surface area (Å²) in [4.78, 5) is 24.3. The fraction of sp³-hybridized carbons (Fsp3) is 0.750. The topological polar surface area (TPSA) is 93.1 Å². The maximum atomic E-state index is 15.1. The molecule has 1 saturated heterocycles. The molecular formula is C24H28Cl3FO6. The molecule has 9 atom stereocenters. The van der Waals surface area contributed by atoms with Crippen LogP contribution in [0, 0.1) is 22.7 Å². The van der Waals surface area contributed by atoms with Gasteiger partial charge in [0.2, 0.25) is 17.9 Å². The third kappa shape index (κ3) is 2.73. The number of rotatable bonds is 2. The second-order valence-corrected chi connectivity index (χ2v) is 12.9. The number of Topliss-reactive ketones (excluding diaryl/α,β-unsaturated/α-hetero) is 1. The molecule has 3 saturated carbocycles. The minimum Gasteiger partial charge on any atom is -0.362 e. The summed E-state index contributed by atoms with van der Waals surface area (Å²) in [6.45, 7) is 6.96. The smallest absolute Gasteiger partial charge is 0.223 e. The summed E-state index contributed by atoms with van der Waals surface area (Å²) in [7, 11) is 0. The SMILES string of the molecule is CC1(C)O[C@@H]2C[C@H]3[C@@H]4C[C@H](Cl)C5=C(F)C(=O)C=C[C@]5(C)[C@@]4(Cl)[C@@H](Cl)C[C@]3(C)[C@]2(C(=O)C(O)O)O1. The molecule has 4 fully saturated rings. The molecule has 1 aliphatic heterocycles. The van der Waals surface area contributed by atoms with Crippen molar-refractivity contribution in [2.75, 3.05) is 0 Å². The first-order valence-corrected chi connectivity index (χ1v) is 12.7. The van der Waals surface area contributed by atoms with Crippen LogP contribution in [0.1, 0.15) is 47.0 Å². The van der Waals surface area contributed by atoms with Gasteiger partial charge in [-0.05, 0) is 56.6 Å². The summed E-state index contributed by atoms with van der Waals surface area (Å²) >= 11 is 21.2. The number of carbonyl (C=O) groups excluding carboxylic acids is 2. The number of carbonyl (C=O) groups is 2. The van der Waals surface area contributed by atoms with Crippen LogP contribution >= 0.6 is 34.8 Å². The third-order valence-corrected chi connectivity index (χ3v) is 11.2. The first-order chi connectivity index (χ1) is 15.6. The van der Waals surface area contributed by atoms with Crippen LogP contribution in [0.4, 0.5) is 4.39 Å². The molecule has 0 aromatic rings. The zero-order chi connectivity index (χ0) is 25.2. The molecule has 0 spiro atoms. The molecule has 0 aromatic carbocycles. The molecule has 0 radical (unpaired) electrons. The Morgan fingerprint density at radius 1 is 1.18 bits per heavy atom. The lowest BCUT2D eigenvalue weighted by Gasteiger charge is -2.64. The van der Waals surface area contributed by atoms with Gasteiger partial charge in [-0.3, -0.25) is 9.59 Å². The van der Waals surface area contributed by atoms with Crippen LogP contribution in [0.2, 0.25) is 0 Å². The number of ketones is 2. The van der Waals surface area contributed by atoms with Gasteiger partial charge in [0.15, 0.2) is 17.2 Å². The van der Waals surface area contributed by atoms with Gasteiger partial charge in [0.25, 0.3) is 0 Å². The number of hydrogen-bond acceptors (Lipinski definition) is 6. The molecule has 10 heteroatoms. The summed E-state index contributed by atoms with van der Waals surface area (Å²) in [6.07, 6.45) is 0.525. The monoisotopic (exact) mass is 536 g/mol. The van der Waals surface area contributed by atoms with Crippen molar-refractivity contribution in [1.82, 2.24) is 0 Å². The maximum Gasteiger partial charge on any atom is 0.223 e. The second kappa shape index (κ2) is 7.27. The first-order valence-electron chi connectivity index (χ1n) is 11.5. The molecule has 188 valence electrons. The Bertz CT molecular complexity index is 1040. The number of ether oxygens (including phenoxy) is 2. The van der Waals surface area contributed by atoms with Gasteiger partial charge in [-0.25, -0.2) is 4.39 Å². The number of halogens is 4. The van der Waals surface area contributed by atoms with Crippen LogP contribution in [-0.4, -0.2) is 61.2 Å². The van der Waals surface area contributed by atoms with E-state index >= 15 is 4.39 Å². The highest BCUT2D eigenvalue weighted by molar-refractivity contribution is 6.34. The number of allylic oxidation sites excluding steroid dienone is 4. The minimum absolute atomic E-state index is 0.144. The average Bonchev–Trinajstić information content (AvgIpc) is 3.13. The Morgan fingerprint density at radius 2 is 1.82 bits per heavy atom. The molecule has 5 aliphatic rings. The van der Waals surface area contributed by atoms with E-state index in [2.05, 4.69) is 0 Å². The zero-order valence-corrected chi connectivity index (χ0v) is 21.5. The maximum absolute atomic E-state index is 15.1. The fourth-order valence-electron chi connectivity index (χ4n) is 7.96. The Kier molecular flexibility index (Phi) is 5.37. The standard InChI is InChI=1S/C24H28Cl3FO6/c1-20(2)33-15-8-10-11-7-12(25)16-17(28)13(29)5-6-21(16,3)23(11,27)14(26)9-22(10,4)24(15,34-20)18(30)19(31)32/h5-6,10-12,14-15,19,31-32H,7-9H2,1-4H3/t10-,11-,12-,14-,15+,21-,22-,23-,24-/m0/s1. The second-order valence-electron chi connectivity index (χ2n) is 11.2. The third-order valence-electron chi connectivity index (χ3n) is 9.26. The quantitative estimate of drug-likeness (QED) is 0.412. The van der Waals surface area contributed by atoms with Crippen LogP contribution < -0.4 is 0 Å². The zero-order valence-electron chi connectivity index (χ0n) is 19.3. The van der Waals surface area contributed by atoms with E-state index in [0.29, 0.717) is 6.42 Å². The van der Waals surface area contributed by atoms with Crippen LogP contribution in [0.3, 0.4) is 0 Å². The van der Waals surface area contributed by atoms with Crippen molar-refractivity contribution in [3.8, 4) is 0 Å². The summed E-state index contributed by atoms with van der Waals surface area (Å²) in [6, 6.07) is 0. The van der Waals surface area contributed by atoms with Gasteiger partial charge >= 0.3 is 0 Å². The van der Waals surface area contributed by atoms with E-state index < -0.39 is 73.6 Å². The molecule has 0 unspecified atom stereocenters. The van der Waals surface area contributed by atoms with Gasteiger partial charge in [0.1, 0.15) is 0 Å². The molecule has 0 aromatic heterocycles. The van der Waals surface area contributed by atoms with Gasteiger partial charge in [0.05, 0.1) is 21.7 Å². The van der Waals surface area contributed by atoms with E-state index in [9.17, 15) is 19.8 Å². The van der Waals surface area contributed by atoms with E-state index in [1.54, 1.807) is 26.8 Å². The molecule has 4 aliphatic carbocycles. The van der Waals surface area contributed by atoms with Gasteiger partial charge < -0.3 is 19.7 Å². The average molecular weight is 538 g/mol. The lowest BCUT2D eigenvalue weighted by atomic mass is 9.46. The van der Waals surface area contributed by atoms with Gasteiger partial charge in [0, 0.05) is 10.8 Å². The van der Waals surface area contributed by atoms with Crippen LogP contribution in [0.25, 0.3) is 0 Å². The molecule has 2 N–H and O–H groups in total. The number of fused-ring (bicyclic) bond motifs is 7. The molecule has 0 amide bonds. The number of aliphatic hydroxyl groups excluding tert-OH is 1. The lowest BCUT2D eigenvalue weighted by Crippen LogP contribution is -2.70. The van der Waals surface area contributed by atoms with E-state index in [1.165, 1.54) is 6.08 Å². The van der Waals surface area contributed by atoms with Gasteiger partial charge in [-0.2, -0.15) is 0 Å². The van der Waals surface area contributed by atoms with Crippen molar-refractivity contribution >= 4 is 46.4 Å². The highest BCUT2D eigenvalue weighted by atomic mass is 35.5. The molecule has 6 nitrogen and oxygen atoms in total. The molecule has 34 heavy (non-hydrogen) atoms. The number of hydrogen-bond donors (Lipinski definition) is 2. The highest BCUT2D eigenvalue weighted by Gasteiger charge is 2.80. The van der Waals surface area contributed by atoms with Crippen molar-refractivity contribution in [1.29, 1.82) is 0 Å². The van der Waals surface area contributed by atoms with Gasteiger partial charge in [-0.15, -0.1) is 34.8 Å². The van der Waals surface area contributed by atoms with Crippen molar-refractivity contribution in [3.63, 3.8) is 0 Å². The molecule has 0 bridgehead atoms. The number of alkyl halides is 3. The van der Waals surface area contributed by atoms with Crippen molar-refractivity contribution in [3.05, 3.63) is 23.6 Å². The Labute approximate surface area is 212 Å². The molecular weight excluding hydrogens is 510 g/mol. The Hall–Kier alpha value is -0.540. The largest absolute Gasteiger partial charge is 0.362 e. The van der Waals surface area contributed by atoms with Crippen molar-refractivity contribution < 1.29 is 33.7 Å². The van der Waals surface area contributed by atoms with E-state index in [0.717, 1.165) is 0 Å². The summed E-state index contributed by atoms with van der Waals surface area (Å²) < 4.78 is 27.5. The fourth-order valence-corrected chi connectivity index (χ4v) is 9.66. The Morgan fingerprint density at radius 3 is 2.44 bits per heavy atom. The van der Waals surface area contributed by atoms with Crippen molar-refractivity contribution in [2.45, 2.75) is 86.4 Å². The van der Waals surface area contributed by atoms with Crippen molar-refractivity contribution in [2.24, 2.45) is 22.7 Å². The van der Waals surface area contributed by atoms with E-state index in [1.807, 2.05) is 6.92 Å². The predicted molar refractivity (Wildman–Crippen MR) is 123 cm³/mol. The minimum atomic E-state index is -2.26. The summed E-state index contributed by atoms with van der Waals surface area (Å²) in [5, 5.41) is 18.3. The van der Waals surface area contributed by atoms with Gasteiger partial charge in [-0.1, -0.05) is 19.9 Å². The molecule has 1 heterocycles. The Balaban J connectivity index is 1.68. The van der Waals surface area contributed by atoms with Crippen LogP contribution in [0.5, 0.6) is 0 Å². The van der Waals surface area contributed by atoms with E-state index in [-0.39, 0.29) is 24.3 Å². The summed E-state index contributed by atoms with van der Waals surface area (Å²) in [5.41, 5.74) is -3.61. The first kappa shape index (κ1) is 25.1. The van der Waals surface area contributed by atoms with Crippen LogP contribution in [-0.2, 0) is 19.1 Å². The summed E-state index contributed by atoms with van der Waals surface area (Å²) in [5.74, 6) is -4.36.